The standard InChI is InChI=1S/C15H19N3OS2/c1-9-4-3-7-16-13(9)14(19)17-10-5-6-11-12(8-10)21-15(18-11)20-2/h5-6,8-9,13,16H,3-4,7H2,1-2H3,(H,17,19). The number of benzene rings is 1. The van der Waals surface area contributed by atoms with Crippen molar-refractivity contribution in [1.29, 1.82) is 0 Å². The number of hydrogen-bond donors (Lipinski definition) is 2. The lowest BCUT2D eigenvalue weighted by atomic mass is 9.92. The van der Waals surface area contributed by atoms with Gasteiger partial charge in [-0.2, -0.15) is 0 Å². The largest absolute Gasteiger partial charge is 0.325 e. The Kier molecular flexibility index (Phi) is 4.47. The third-order valence-corrected chi connectivity index (χ3v) is 5.87. The number of thioether (sulfide) groups is 1. The molecule has 2 N–H and O–H groups in total. The van der Waals surface area contributed by atoms with Crippen LogP contribution in [0.4, 0.5) is 5.69 Å². The van der Waals surface area contributed by atoms with Crippen LogP contribution in [-0.4, -0.2) is 29.7 Å². The van der Waals surface area contributed by atoms with Gasteiger partial charge in [-0.05, 0) is 49.8 Å². The van der Waals surface area contributed by atoms with Crippen molar-refractivity contribution in [3.8, 4) is 0 Å². The molecule has 0 radical (unpaired) electrons. The number of anilines is 1. The Hall–Kier alpha value is -1.11. The molecule has 21 heavy (non-hydrogen) atoms. The highest BCUT2D eigenvalue weighted by atomic mass is 32.2. The molecule has 0 saturated carbocycles. The van der Waals surface area contributed by atoms with E-state index in [1.54, 1.807) is 23.1 Å². The van der Waals surface area contributed by atoms with E-state index in [1.165, 1.54) is 0 Å². The van der Waals surface area contributed by atoms with Crippen molar-refractivity contribution < 1.29 is 4.79 Å². The maximum absolute atomic E-state index is 12.4. The molecule has 1 amide bonds. The Morgan fingerprint density at radius 1 is 1.52 bits per heavy atom. The maximum Gasteiger partial charge on any atom is 0.241 e. The van der Waals surface area contributed by atoms with Crippen LogP contribution in [0.1, 0.15) is 19.8 Å². The minimum atomic E-state index is -0.0855. The topological polar surface area (TPSA) is 54.0 Å². The molecule has 0 aliphatic carbocycles. The van der Waals surface area contributed by atoms with E-state index in [1.807, 2.05) is 24.5 Å². The van der Waals surface area contributed by atoms with Gasteiger partial charge in [0.2, 0.25) is 5.91 Å². The van der Waals surface area contributed by atoms with Gasteiger partial charge in [-0.15, -0.1) is 11.3 Å². The number of nitrogens with one attached hydrogen (secondary N) is 2. The summed E-state index contributed by atoms with van der Waals surface area (Å²) in [6.45, 7) is 3.06. The lowest BCUT2D eigenvalue weighted by Gasteiger charge is -2.28. The molecule has 1 fully saturated rings. The number of amides is 1. The molecule has 1 aromatic heterocycles. The summed E-state index contributed by atoms with van der Waals surface area (Å²) in [4.78, 5) is 16.9. The molecule has 1 aromatic carbocycles. The summed E-state index contributed by atoms with van der Waals surface area (Å²) in [7, 11) is 0. The Morgan fingerprint density at radius 3 is 3.14 bits per heavy atom. The first-order valence-corrected chi connectivity index (χ1v) is 9.20. The number of carbonyl (C=O) groups excluding carboxylic acids is 1. The second-order valence-corrected chi connectivity index (χ2v) is 7.49. The van der Waals surface area contributed by atoms with Gasteiger partial charge in [-0.3, -0.25) is 4.79 Å². The first-order chi connectivity index (χ1) is 10.2. The fourth-order valence-electron chi connectivity index (χ4n) is 2.69. The van der Waals surface area contributed by atoms with Gasteiger partial charge < -0.3 is 10.6 Å². The van der Waals surface area contributed by atoms with Gasteiger partial charge in [0.1, 0.15) is 0 Å². The van der Waals surface area contributed by atoms with Crippen molar-refractivity contribution in [1.82, 2.24) is 10.3 Å². The van der Waals surface area contributed by atoms with E-state index in [9.17, 15) is 4.79 Å². The molecular formula is C15H19N3OS2. The molecule has 2 aromatic rings. The Labute approximate surface area is 132 Å². The van der Waals surface area contributed by atoms with Gasteiger partial charge in [0, 0.05) is 5.69 Å². The summed E-state index contributed by atoms with van der Waals surface area (Å²) in [5.41, 5.74) is 1.84. The summed E-state index contributed by atoms with van der Waals surface area (Å²) in [5.74, 6) is 0.449. The number of fused-ring (bicyclic) bond motifs is 1. The summed E-state index contributed by atoms with van der Waals surface area (Å²) in [6.07, 6.45) is 4.28. The quantitative estimate of drug-likeness (QED) is 0.851. The summed E-state index contributed by atoms with van der Waals surface area (Å²) in [6, 6.07) is 5.83. The van der Waals surface area contributed by atoms with E-state index in [4.69, 9.17) is 0 Å². The van der Waals surface area contributed by atoms with Crippen LogP contribution in [0.2, 0.25) is 0 Å². The fourth-order valence-corrected chi connectivity index (χ4v) is 4.22. The minimum absolute atomic E-state index is 0.0659. The van der Waals surface area contributed by atoms with Crippen LogP contribution < -0.4 is 10.6 Å². The van der Waals surface area contributed by atoms with Crippen LogP contribution in [-0.2, 0) is 4.79 Å². The number of thiazole rings is 1. The number of hydrogen-bond acceptors (Lipinski definition) is 5. The molecule has 1 saturated heterocycles. The van der Waals surface area contributed by atoms with Crippen molar-refractivity contribution in [2.24, 2.45) is 5.92 Å². The summed E-state index contributed by atoms with van der Waals surface area (Å²) in [5, 5.41) is 6.35. The van der Waals surface area contributed by atoms with Crippen LogP contribution in [0.15, 0.2) is 22.5 Å². The second kappa shape index (κ2) is 6.34. The van der Waals surface area contributed by atoms with Gasteiger partial charge in [-0.25, -0.2) is 4.98 Å². The van der Waals surface area contributed by atoms with E-state index in [2.05, 4.69) is 22.5 Å². The highest BCUT2D eigenvalue weighted by molar-refractivity contribution is 8.00. The molecule has 2 unspecified atom stereocenters. The summed E-state index contributed by atoms with van der Waals surface area (Å²) >= 11 is 3.31. The molecular weight excluding hydrogens is 302 g/mol. The van der Waals surface area contributed by atoms with Crippen LogP contribution in [0.3, 0.4) is 0 Å². The van der Waals surface area contributed by atoms with Gasteiger partial charge >= 0.3 is 0 Å². The van der Waals surface area contributed by atoms with Crippen molar-refractivity contribution >= 4 is 44.9 Å². The van der Waals surface area contributed by atoms with Crippen molar-refractivity contribution in [3.63, 3.8) is 0 Å². The Morgan fingerprint density at radius 2 is 2.38 bits per heavy atom. The lowest BCUT2D eigenvalue weighted by molar-refractivity contribution is -0.119. The van der Waals surface area contributed by atoms with E-state index in [0.29, 0.717) is 5.92 Å². The first kappa shape index (κ1) is 14.8. The highest BCUT2D eigenvalue weighted by Gasteiger charge is 2.27. The monoisotopic (exact) mass is 321 g/mol. The smallest absolute Gasteiger partial charge is 0.241 e. The number of carbonyl (C=O) groups is 1. The molecule has 3 rings (SSSR count). The third kappa shape index (κ3) is 3.22. The van der Waals surface area contributed by atoms with Crippen LogP contribution in [0, 0.1) is 5.92 Å². The minimum Gasteiger partial charge on any atom is -0.325 e. The van der Waals surface area contributed by atoms with E-state index in [0.717, 1.165) is 39.6 Å². The second-order valence-electron chi connectivity index (χ2n) is 5.41. The van der Waals surface area contributed by atoms with Gasteiger partial charge in [0.05, 0.1) is 16.3 Å². The van der Waals surface area contributed by atoms with Crippen LogP contribution >= 0.6 is 23.1 Å². The number of piperidine rings is 1. The maximum atomic E-state index is 12.4. The normalized spacial score (nSPS) is 22.4. The molecule has 0 spiro atoms. The Bertz CT molecular complexity index is 655. The van der Waals surface area contributed by atoms with Crippen LogP contribution in [0.5, 0.6) is 0 Å². The predicted octanol–water partition coefficient (Wildman–Crippen LogP) is 3.34. The predicted molar refractivity (Wildman–Crippen MR) is 90.2 cm³/mol. The van der Waals surface area contributed by atoms with E-state index in [-0.39, 0.29) is 11.9 Å². The van der Waals surface area contributed by atoms with Crippen molar-refractivity contribution in [2.75, 3.05) is 18.1 Å². The van der Waals surface area contributed by atoms with Crippen molar-refractivity contribution in [2.45, 2.75) is 30.1 Å². The van der Waals surface area contributed by atoms with E-state index >= 15 is 0 Å². The van der Waals surface area contributed by atoms with Crippen molar-refractivity contribution in [3.05, 3.63) is 18.2 Å². The number of aromatic nitrogens is 1. The van der Waals surface area contributed by atoms with Crippen LogP contribution in [0.25, 0.3) is 10.2 Å². The van der Waals surface area contributed by atoms with Gasteiger partial charge in [0.25, 0.3) is 0 Å². The molecule has 0 bridgehead atoms. The molecule has 1 aliphatic rings. The zero-order chi connectivity index (χ0) is 14.8. The first-order valence-electron chi connectivity index (χ1n) is 7.16. The van der Waals surface area contributed by atoms with Gasteiger partial charge in [0.15, 0.2) is 4.34 Å². The number of nitrogens with zero attached hydrogens (tertiary/aromatic N) is 1. The number of rotatable bonds is 3. The molecule has 4 nitrogen and oxygen atoms in total. The molecule has 112 valence electrons. The molecule has 1 aliphatic heterocycles. The lowest BCUT2D eigenvalue weighted by Crippen LogP contribution is -2.48. The highest BCUT2D eigenvalue weighted by Crippen LogP contribution is 2.30. The molecule has 2 atom stereocenters. The fraction of sp³-hybridized carbons (Fsp3) is 0.467. The SMILES string of the molecule is CSc1nc2ccc(NC(=O)C3NCCCC3C)cc2s1. The Balaban J connectivity index is 1.76. The average molecular weight is 321 g/mol. The third-order valence-electron chi connectivity index (χ3n) is 3.86. The zero-order valence-electron chi connectivity index (χ0n) is 12.2. The molecule has 6 heteroatoms. The average Bonchev–Trinajstić information content (AvgIpc) is 2.90. The van der Waals surface area contributed by atoms with Gasteiger partial charge in [-0.1, -0.05) is 18.7 Å². The summed E-state index contributed by atoms with van der Waals surface area (Å²) < 4.78 is 2.16. The van der Waals surface area contributed by atoms with E-state index < -0.39 is 0 Å². The zero-order valence-corrected chi connectivity index (χ0v) is 13.8. The molecule has 2 heterocycles.